The van der Waals surface area contributed by atoms with Gasteiger partial charge >= 0.3 is 0 Å². The van der Waals surface area contributed by atoms with Crippen molar-refractivity contribution in [1.82, 2.24) is 15.1 Å². The molecule has 0 saturated carbocycles. The Morgan fingerprint density at radius 1 is 1.17 bits per heavy atom. The van der Waals surface area contributed by atoms with E-state index in [-0.39, 0.29) is 24.9 Å². The number of piperazine rings is 1. The Morgan fingerprint density at radius 2 is 1.83 bits per heavy atom. The largest absolute Gasteiger partial charge is 0.339 e. The molecule has 2 rings (SSSR count). The van der Waals surface area contributed by atoms with E-state index < -0.39 is 0 Å². The molecule has 1 aromatic carbocycles. The van der Waals surface area contributed by atoms with Crippen molar-refractivity contribution in [3.05, 3.63) is 29.8 Å². The van der Waals surface area contributed by atoms with E-state index >= 15 is 0 Å². The third kappa shape index (κ3) is 5.65. The molecule has 23 heavy (non-hydrogen) atoms. The third-order valence-corrected chi connectivity index (χ3v) is 3.93. The Bertz CT molecular complexity index is 524. The van der Waals surface area contributed by atoms with Gasteiger partial charge in [0.25, 0.3) is 0 Å². The van der Waals surface area contributed by atoms with Crippen molar-refractivity contribution in [2.75, 3.05) is 51.6 Å². The van der Waals surface area contributed by atoms with Crippen LogP contribution in [0.5, 0.6) is 0 Å². The van der Waals surface area contributed by atoms with Crippen molar-refractivity contribution < 1.29 is 9.59 Å². The molecule has 0 unspecified atom stereocenters. The minimum absolute atomic E-state index is 0.0779. The molecular formula is C17H26N4O2. The summed E-state index contributed by atoms with van der Waals surface area (Å²) in [5.74, 6) is -0.0287. The number of anilines is 1. The second-order valence-corrected chi connectivity index (χ2v) is 5.90. The van der Waals surface area contributed by atoms with Crippen molar-refractivity contribution in [2.24, 2.45) is 0 Å². The number of nitrogens with one attached hydrogen (secondary N) is 2. The van der Waals surface area contributed by atoms with Crippen LogP contribution in [0, 0.1) is 0 Å². The number of carbonyl (C=O) groups is 2. The van der Waals surface area contributed by atoms with Crippen LogP contribution in [0.25, 0.3) is 0 Å². The van der Waals surface area contributed by atoms with Gasteiger partial charge in [0.1, 0.15) is 0 Å². The predicted octanol–water partition coefficient (Wildman–Crippen LogP) is 0.551. The van der Waals surface area contributed by atoms with Gasteiger partial charge in [-0.25, -0.2) is 0 Å². The predicted molar refractivity (Wildman–Crippen MR) is 91.4 cm³/mol. The molecule has 0 atom stereocenters. The first-order valence-electron chi connectivity index (χ1n) is 8.14. The molecule has 2 N–H and O–H groups in total. The third-order valence-electron chi connectivity index (χ3n) is 3.93. The van der Waals surface area contributed by atoms with Crippen molar-refractivity contribution in [3.63, 3.8) is 0 Å². The number of hydrogen-bond donors (Lipinski definition) is 2. The average Bonchev–Trinajstić information content (AvgIpc) is 2.56. The lowest BCUT2D eigenvalue weighted by Crippen LogP contribution is -2.49. The first-order chi connectivity index (χ1) is 11.1. The minimum atomic E-state index is -0.107. The Hall–Kier alpha value is -1.92. The molecule has 0 spiro atoms. The Morgan fingerprint density at radius 3 is 2.43 bits per heavy atom. The van der Waals surface area contributed by atoms with Gasteiger partial charge in [-0.15, -0.1) is 0 Å². The molecule has 1 aromatic rings. The summed E-state index contributed by atoms with van der Waals surface area (Å²) in [7, 11) is 1.79. The molecule has 126 valence electrons. The highest BCUT2D eigenvalue weighted by molar-refractivity contribution is 5.92. The smallest absolute Gasteiger partial charge is 0.238 e. The van der Waals surface area contributed by atoms with Crippen LogP contribution < -0.4 is 10.6 Å². The summed E-state index contributed by atoms with van der Waals surface area (Å²) < 4.78 is 0. The van der Waals surface area contributed by atoms with E-state index in [1.807, 2.05) is 29.2 Å². The zero-order valence-electron chi connectivity index (χ0n) is 14.0. The van der Waals surface area contributed by atoms with Crippen molar-refractivity contribution in [1.29, 1.82) is 0 Å². The Kier molecular flexibility index (Phi) is 6.55. The fourth-order valence-corrected chi connectivity index (χ4v) is 2.57. The summed E-state index contributed by atoms with van der Waals surface area (Å²) in [4.78, 5) is 27.8. The van der Waals surface area contributed by atoms with E-state index in [4.69, 9.17) is 0 Å². The lowest BCUT2D eigenvalue weighted by Gasteiger charge is -2.29. The van der Waals surface area contributed by atoms with Gasteiger partial charge in [-0.05, 0) is 31.2 Å². The summed E-state index contributed by atoms with van der Waals surface area (Å²) in [5.41, 5.74) is 2.02. The van der Waals surface area contributed by atoms with Gasteiger partial charge in [-0.1, -0.05) is 19.1 Å². The molecule has 6 heteroatoms. The molecule has 2 amide bonds. The van der Waals surface area contributed by atoms with Gasteiger partial charge in [0.2, 0.25) is 11.8 Å². The number of hydrogen-bond acceptors (Lipinski definition) is 4. The Labute approximate surface area is 137 Å². The van der Waals surface area contributed by atoms with Gasteiger partial charge in [0.15, 0.2) is 0 Å². The quantitative estimate of drug-likeness (QED) is 0.804. The standard InChI is InChI=1S/C17H26N4O2/c1-3-14-4-6-15(7-5-14)19-16(22)12-20(2)13-17(23)21-10-8-18-9-11-21/h4-7,18H,3,8-13H2,1-2H3,(H,19,22). The van der Waals surface area contributed by atoms with Gasteiger partial charge in [0, 0.05) is 31.9 Å². The van der Waals surface area contributed by atoms with E-state index in [1.54, 1.807) is 11.9 Å². The fourth-order valence-electron chi connectivity index (χ4n) is 2.57. The number of aryl methyl sites for hydroxylation is 1. The van der Waals surface area contributed by atoms with Crippen LogP contribution in [0.4, 0.5) is 5.69 Å². The maximum Gasteiger partial charge on any atom is 0.238 e. The molecule has 1 saturated heterocycles. The fraction of sp³-hybridized carbons (Fsp3) is 0.529. The molecule has 0 bridgehead atoms. The van der Waals surface area contributed by atoms with E-state index in [9.17, 15) is 9.59 Å². The van der Waals surface area contributed by atoms with E-state index in [0.717, 1.165) is 38.3 Å². The second-order valence-electron chi connectivity index (χ2n) is 5.90. The van der Waals surface area contributed by atoms with Crippen molar-refractivity contribution in [3.8, 4) is 0 Å². The number of likely N-dealkylation sites (N-methyl/N-ethyl adjacent to an activating group) is 1. The zero-order chi connectivity index (χ0) is 16.7. The highest BCUT2D eigenvalue weighted by atomic mass is 16.2. The van der Waals surface area contributed by atoms with Gasteiger partial charge in [-0.2, -0.15) is 0 Å². The molecule has 0 aliphatic carbocycles. The maximum absolute atomic E-state index is 12.1. The first kappa shape index (κ1) is 17.4. The van der Waals surface area contributed by atoms with Crippen molar-refractivity contribution in [2.45, 2.75) is 13.3 Å². The zero-order valence-corrected chi connectivity index (χ0v) is 14.0. The summed E-state index contributed by atoms with van der Waals surface area (Å²) in [5, 5.41) is 6.08. The van der Waals surface area contributed by atoms with Crippen molar-refractivity contribution >= 4 is 17.5 Å². The molecule has 1 heterocycles. The molecule has 1 aliphatic rings. The highest BCUT2D eigenvalue weighted by Gasteiger charge is 2.18. The maximum atomic E-state index is 12.1. The Balaban J connectivity index is 1.76. The van der Waals surface area contributed by atoms with Crippen LogP contribution in [0.1, 0.15) is 12.5 Å². The second kappa shape index (κ2) is 8.64. The number of carbonyl (C=O) groups excluding carboxylic acids is 2. The van der Waals surface area contributed by atoms with Crippen LogP contribution in [0.15, 0.2) is 24.3 Å². The van der Waals surface area contributed by atoms with Gasteiger partial charge in [0.05, 0.1) is 13.1 Å². The van der Waals surface area contributed by atoms with Gasteiger partial charge in [-0.3, -0.25) is 14.5 Å². The van der Waals surface area contributed by atoms with Crippen LogP contribution >= 0.6 is 0 Å². The summed E-state index contributed by atoms with van der Waals surface area (Å²) in [6.07, 6.45) is 0.977. The lowest BCUT2D eigenvalue weighted by molar-refractivity contribution is -0.133. The molecule has 1 fully saturated rings. The first-order valence-corrected chi connectivity index (χ1v) is 8.14. The number of rotatable bonds is 6. The lowest BCUT2D eigenvalue weighted by atomic mass is 10.1. The molecule has 0 aromatic heterocycles. The molecular weight excluding hydrogens is 292 g/mol. The van der Waals surface area contributed by atoms with Crippen LogP contribution in [-0.4, -0.2) is 67.9 Å². The van der Waals surface area contributed by atoms with E-state index in [2.05, 4.69) is 17.6 Å². The van der Waals surface area contributed by atoms with Crippen LogP contribution in [0.2, 0.25) is 0 Å². The number of amides is 2. The normalized spacial score (nSPS) is 14.8. The summed E-state index contributed by atoms with van der Waals surface area (Å²) >= 11 is 0. The van der Waals surface area contributed by atoms with Crippen LogP contribution in [0.3, 0.4) is 0 Å². The molecule has 6 nitrogen and oxygen atoms in total. The van der Waals surface area contributed by atoms with Crippen LogP contribution in [-0.2, 0) is 16.0 Å². The average molecular weight is 318 g/mol. The topological polar surface area (TPSA) is 64.7 Å². The van der Waals surface area contributed by atoms with E-state index in [0.29, 0.717) is 0 Å². The summed E-state index contributed by atoms with van der Waals surface area (Å²) in [6, 6.07) is 7.83. The van der Waals surface area contributed by atoms with E-state index in [1.165, 1.54) is 5.56 Å². The SMILES string of the molecule is CCc1ccc(NC(=O)CN(C)CC(=O)N2CCNCC2)cc1. The van der Waals surface area contributed by atoms with Gasteiger partial charge < -0.3 is 15.5 Å². The molecule has 0 radical (unpaired) electrons. The molecule has 1 aliphatic heterocycles. The minimum Gasteiger partial charge on any atom is -0.339 e. The summed E-state index contributed by atoms with van der Waals surface area (Å²) in [6.45, 7) is 5.71. The highest BCUT2D eigenvalue weighted by Crippen LogP contribution is 2.09. The number of benzene rings is 1. The monoisotopic (exact) mass is 318 g/mol. The number of nitrogens with zero attached hydrogens (tertiary/aromatic N) is 2.